The summed E-state index contributed by atoms with van der Waals surface area (Å²) in [6, 6.07) is 7.22. The quantitative estimate of drug-likeness (QED) is 0.374. The first-order chi connectivity index (χ1) is 18.7. The number of nitrogens with two attached hydrogens (primary N) is 1. The minimum Gasteiger partial charge on any atom is -0.497 e. The summed E-state index contributed by atoms with van der Waals surface area (Å²) in [6.45, 7) is 3.68. The summed E-state index contributed by atoms with van der Waals surface area (Å²) in [4.78, 5) is 22.5. The second kappa shape index (κ2) is 10.6. The van der Waals surface area contributed by atoms with E-state index in [1.165, 1.54) is 11.6 Å². The molecule has 3 heterocycles. The van der Waals surface area contributed by atoms with Crippen molar-refractivity contribution in [2.45, 2.75) is 44.7 Å². The lowest BCUT2D eigenvalue weighted by Gasteiger charge is -2.43. The number of hydrogen-bond donors (Lipinski definition) is 2. The van der Waals surface area contributed by atoms with Gasteiger partial charge in [0.05, 0.1) is 42.0 Å². The van der Waals surface area contributed by atoms with Crippen molar-refractivity contribution in [2.24, 2.45) is 11.7 Å². The van der Waals surface area contributed by atoms with Gasteiger partial charge in [-0.05, 0) is 48.4 Å². The third-order valence-corrected chi connectivity index (χ3v) is 7.61. The number of nitrogens with zero attached hydrogens (tertiary/aromatic N) is 5. The predicted molar refractivity (Wildman–Crippen MR) is 144 cm³/mol. The van der Waals surface area contributed by atoms with Gasteiger partial charge < -0.3 is 20.7 Å². The van der Waals surface area contributed by atoms with Crippen LogP contribution in [0.5, 0.6) is 5.75 Å². The van der Waals surface area contributed by atoms with Gasteiger partial charge in [-0.3, -0.25) is 9.78 Å². The molecule has 39 heavy (non-hydrogen) atoms. The van der Waals surface area contributed by atoms with Gasteiger partial charge in [-0.1, -0.05) is 6.92 Å². The fraction of sp³-hybridized carbons (Fsp3) is 0.357. The van der Waals surface area contributed by atoms with Crippen molar-refractivity contribution in [3.05, 3.63) is 66.1 Å². The van der Waals surface area contributed by atoms with E-state index in [0.29, 0.717) is 17.9 Å². The Bertz CT molecular complexity index is 1490. The third kappa shape index (κ3) is 5.01. The summed E-state index contributed by atoms with van der Waals surface area (Å²) in [7, 11) is 3.15. The minimum absolute atomic E-state index is 0.000487. The highest BCUT2D eigenvalue weighted by molar-refractivity contribution is 5.73. The minimum atomic E-state index is -0.778. The maximum atomic E-state index is 14.8. The first kappa shape index (κ1) is 26.5. The third-order valence-electron chi connectivity index (χ3n) is 7.61. The molecular formula is C28H31F2N7O2. The number of benzene rings is 1. The second-order valence-electron chi connectivity index (χ2n) is 10.1. The SMILES string of the molecule is COc1cc(F)c(-c2ccc3cnc(Nc4cnccc4C4CC(C)C(N(C)C(C)=O)C(N)C4)n3n2)c(F)c1. The number of carbonyl (C=O) groups is 1. The molecule has 1 aliphatic rings. The number of anilines is 2. The van der Waals surface area contributed by atoms with Gasteiger partial charge in [-0.2, -0.15) is 9.61 Å². The molecule has 9 nitrogen and oxygen atoms in total. The van der Waals surface area contributed by atoms with Crippen LogP contribution < -0.4 is 15.8 Å². The van der Waals surface area contributed by atoms with Gasteiger partial charge >= 0.3 is 0 Å². The molecule has 0 saturated heterocycles. The number of halogens is 2. The van der Waals surface area contributed by atoms with E-state index in [1.807, 2.05) is 6.07 Å². The number of hydrogen-bond acceptors (Lipinski definition) is 7. The topological polar surface area (TPSA) is 111 Å². The van der Waals surface area contributed by atoms with Crippen LogP contribution in [0.3, 0.4) is 0 Å². The Kier molecular flexibility index (Phi) is 7.17. The molecule has 3 aromatic heterocycles. The zero-order valence-corrected chi connectivity index (χ0v) is 22.2. The number of imidazole rings is 1. The van der Waals surface area contributed by atoms with Crippen LogP contribution in [0.25, 0.3) is 16.8 Å². The van der Waals surface area contributed by atoms with E-state index < -0.39 is 11.6 Å². The molecule has 4 aromatic rings. The second-order valence-corrected chi connectivity index (χ2v) is 10.1. The summed E-state index contributed by atoms with van der Waals surface area (Å²) in [5, 5.41) is 7.80. The molecule has 1 aromatic carbocycles. The molecule has 0 bridgehead atoms. The molecule has 0 aliphatic heterocycles. The van der Waals surface area contributed by atoms with E-state index in [1.54, 1.807) is 49.6 Å². The van der Waals surface area contributed by atoms with Crippen LogP contribution in [0.4, 0.5) is 20.4 Å². The number of aromatic nitrogens is 4. The van der Waals surface area contributed by atoms with Crippen molar-refractivity contribution in [3.8, 4) is 17.0 Å². The molecule has 0 radical (unpaired) electrons. The van der Waals surface area contributed by atoms with Crippen LogP contribution in [-0.4, -0.2) is 56.6 Å². The van der Waals surface area contributed by atoms with E-state index in [4.69, 9.17) is 10.5 Å². The largest absolute Gasteiger partial charge is 0.497 e. The molecule has 0 spiro atoms. The Morgan fingerprint density at radius 2 is 1.92 bits per heavy atom. The molecule has 1 saturated carbocycles. The molecule has 1 amide bonds. The van der Waals surface area contributed by atoms with Gasteiger partial charge in [0.25, 0.3) is 0 Å². The summed E-state index contributed by atoms with van der Waals surface area (Å²) < 4.78 is 36.0. The number of fused-ring (bicyclic) bond motifs is 1. The Morgan fingerprint density at radius 1 is 1.18 bits per heavy atom. The van der Waals surface area contributed by atoms with Crippen molar-refractivity contribution in [1.29, 1.82) is 0 Å². The standard InChI is InChI=1S/C28H31F2N7O2/c1-15-9-17(10-23(31)27(15)36(3)16(2)38)20-7-8-32-14-25(20)34-28-33-13-18-5-6-24(35-37(18)28)26-21(29)11-19(39-4)12-22(26)30/h5-8,11-15,17,23,27H,9-10,31H2,1-4H3,(H,33,34). The lowest BCUT2D eigenvalue weighted by molar-refractivity contribution is -0.131. The fourth-order valence-electron chi connectivity index (χ4n) is 5.71. The number of likely N-dealkylation sites (N-methyl/N-ethyl adjacent to an activating group) is 1. The smallest absolute Gasteiger partial charge is 0.229 e. The summed E-state index contributed by atoms with van der Waals surface area (Å²) in [5.74, 6) is -0.773. The fourth-order valence-corrected chi connectivity index (χ4v) is 5.71. The van der Waals surface area contributed by atoms with Crippen LogP contribution in [0.15, 0.2) is 48.9 Å². The normalized spacial score (nSPS) is 21.1. The van der Waals surface area contributed by atoms with Gasteiger partial charge in [-0.15, -0.1) is 0 Å². The van der Waals surface area contributed by atoms with Crippen LogP contribution in [0, 0.1) is 17.6 Å². The molecule has 1 fully saturated rings. The van der Waals surface area contributed by atoms with E-state index >= 15 is 0 Å². The lowest BCUT2D eigenvalue weighted by Crippen LogP contribution is -2.54. The average Bonchev–Trinajstić information content (AvgIpc) is 3.29. The highest BCUT2D eigenvalue weighted by atomic mass is 19.1. The molecular weight excluding hydrogens is 504 g/mol. The molecule has 5 rings (SSSR count). The van der Waals surface area contributed by atoms with Gasteiger partial charge in [0.15, 0.2) is 0 Å². The number of rotatable bonds is 6. The molecule has 3 N–H and O–H groups in total. The van der Waals surface area contributed by atoms with Crippen molar-refractivity contribution < 1.29 is 18.3 Å². The predicted octanol–water partition coefficient (Wildman–Crippen LogP) is 4.51. The van der Waals surface area contributed by atoms with E-state index in [9.17, 15) is 13.6 Å². The Balaban J connectivity index is 1.46. The van der Waals surface area contributed by atoms with Crippen LogP contribution in [0.2, 0.25) is 0 Å². The number of carbonyl (C=O) groups excluding carboxylic acids is 1. The summed E-state index contributed by atoms with van der Waals surface area (Å²) >= 11 is 0. The zero-order chi connectivity index (χ0) is 27.8. The van der Waals surface area contributed by atoms with E-state index in [2.05, 4.69) is 27.3 Å². The summed E-state index contributed by atoms with van der Waals surface area (Å²) in [6.07, 6.45) is 6.62. The average molecular weight is 536 g/mol. The number of pyridine rings is 1. The Labute approximate surface area is 225 Å². The van der Waals surface area contributed by atoms with Gasteiger partial charge in [-0.25, -0.2) is 13.8 Å². The van der Waals surface area contributed by atoms with Crippen molar-refractivity contribution >= 4 is 23.1 Å². The van der Waals surface area contributed by atoms with Gasteiger partial charge in [0.2, 0.25) is 11.9 Å². The first-order valence-electron chi connectivity index (χ1n) is 12.8. The Hall–Kier alpha value is -4.12. The maximum absolute atomic E-state index is 14.8. The monoisotopic (exact) mass is 535 g/mol. The molecule has 4 atom stereocenters. The lowest BCUT2D eigenvalue weighted by atomic mass is 9.73. The summed E-state index contributed by atoms with van der Waals surface area (Å²) in [5.41, 5.74) is 8.85. The number of nitrogens with one attached hydrogen (secondary N) is 1. The van der Waals surface area contributed by atoms with Crippen LogP contribution in [0.1, 0.15) is 38.2 Å². The number of methoxy groups -OCH3 is 1. The molecule has 1 aliphatic carbocycles. The number of amides is 1. The highest BCUT2D eigenvalue weighted by Gasteiger charge is 2.38. The van der Waals surface area contributed by atoms with Crippen molar-refractivity contribution in [2.75, 3.05) is 19.5 Å². The van der Waals surface area contributed by atoms with Crippen LogP contribution in [-0.2, 0) is 4.79 Å². The first-order valence-corrected chi connectivity index (χ1v) is 12.8. The van der Waals surface area contributed by atoms with Crippen molar-refractivity contribution in [1.82, 2.24) is 24.5 Å². The van der Waals surface area contributed by atoms with Gasteiger partial charge in [0, 0.05) is 44.4 Å². The molecule has 11 heteroatoms. The molecule has 4 unspecified atom stereocenters. The number of ether oxygens (including phenoxy) is 1. The Morgan fingerprint density at radius 3 is 2.59 bits per heavy atom. The van der Waals surface area contributed by atoms with E-state index in [0.717, 1.165) is 29.8 Å². The highest BCUT2D eigenvalue weighted by Crippen LogP contribution is 2.40. The maximum Gasteiger partial charge on any atom is 0.229 e. The van der Waals surface area contributed by atoms with Crippen LogP contribution >= 0.6 is 0 Å². The van der Waals surface area contributed by atoms with Gasteiger partial charge in [0.1, 0.15) is 17.4 Å². The zero-order valence-electron chi connectivity index (χ0n) is 22.2. The van der Waals surface area contributed by atoms with E-state index in [-0.39, 0.29) is 46.8 Å². The molecule has 204 valence electrons. The van der Waals surface area contributed by atoms with Crippen molar-refractivity contribution in [3.63, 3.8) is 0 Å².